The van der Waals surface area contributed by atoms with Crippen LogP contribution in [0, 0.1) is 5.92 Å². The monoisotopic (exact) mass is 224 g/mol. The summed E-state index contributed by atoms with van der Waals surface area (Å²) in [4.78, 5) is 0. The van der Waals surface area contributed by atoms with Crippen molar-refractivity contribution in [3.63, 3.8) is 0 Å². The van der Waals surface area contributed by atoms with E-state index in [-0.39, 0.29) is 25.4 Å². The zero-order valence-electron chi connectivity index (χ0n) is 9.93. The first kappa shape index (κ1) is 13.2. The lowest BCUT2D eigenvalue weighted by molar-refractivity contribution is -0.0902. The molecule has 0 fully saturated rings. The molecular weight excluding hydrogens is 204 g/mol. The number of ether oxygens (including phenoxy) is 2. The maximum Gasteiger partial charge on any atom is 0.146 e. The molecule has 0 aliphatic rings. The van der Waals surface area contributed by atoms with Crippen LogP contribution < -0.4 is 0 Å². The Labute approximate surface area is 97.0 Å². The number of benzene rings is 1. The van der Waals surface area contributed by atoms with Crippen molar-refractivity contribution in [2.45, 2.75) is 19.4 Å². The Morgan fingerprint density at radius 3 is 2.50 bits per heavy atom. The summed E-state index contributed by atoms with van der Waals surface area (Å²) in [6, 6.07) is 10.1. The third-order valence-electron chi connectivity index (χ3n) is 2.69. The van der Waals surface area contributed by atoms with Crippen LogP contribution in [-0.2, 0) is 15.9 Å². The molecule has 1 N–H and O–H groups in total. The van der Waals surface area contributed by atoms with Crippen LogP contribution in [0.25, 0.3) is 0 Å². The van der Waals surface area contributed by atoms with Crippen molar-refractivity contribution in [2.24, 2.45) is 5.92 Å². The molecule has 0 aliphatic carbocycles. The molecule has 1 aromatic carbocycles. The Bertz CT molecular complexity index is 274. The van der Waals surface area contributed by atoms with Crippen LogP contribution in [0.4, 0.5) is 0 Å². The third-order valence-corrected chi connectivity index (χ3v) is 2.69. The molecule has 0 amide bonds. The molecule has 16 heavy (non-hydrogen) atoms. The molecule has 2 atom stereocenters. The molecule has 0 saturated heterocycles. The quantitative estimate of drug-likeness (QED) is 0.718. The average molecular weight is 224 g/mol. The molecule has 1 aromatic rings. The molecular formula is C13H20O3. The van der Waals surface area contributed by atoms with Gasteiger partial charge in [0.25, 0.3) is 0 Å². The number of rotatable bonds is 7. The number of methoxy groups -OCH3 is 1. The molecule has 0 saturated carbocycles. The summed E-state index contributed by atoms with van der Waals surface area (Å²) in [7, 11) is 1.60. The second-order valence-corrected chi connectivity index (χ2v) is 3.91. The Kier molecular flexibility index (Phi) is 6.08. The van der Waals surface area contributed by atoms with Gasteiger partial charge in [0.15, 0.2) is 0 Å². The summed E-state index contributed by atoms with van der Waals surface area (Å²) in [5.41, 5.74) is 1.22. The smallest absolute Gasteiger partial charge is 0.146 e. The molecule has 0 unspecified atom stereocenters. The predicted octanol–water partition coefficient (Wildman–Crippen LogP) is 1.85. The summed E-state index contributed by atoms with van der Waals surface area (Å²) in [5.74, 6) is 0.109. The number of aliphatic hydroxyl groups is 1. The van der Waals surface area contributed by atoms with E-state index in [0.29, 0.717) is 0 Å². The fourth-order valence-electron chi connectivity index (χ4n) is 1.61. The summed E-state index contributed by atoms with van der Waals surface area (Å²) >= 11 is 0. The SMILES string of the molecule is COCO[C@H](C)[C@H](CO)Cc1ccccc1. The minimum Gasteiger partial charge on any atom is -0.396 e. The average Bonchev–Trinajstić information content (AvgIpc) is 2.34. The zero-order valence-corrected chi connectivity index (χ0v) is 9.93. The first-order valence-electron chi connectivity index (χ1n) is 5.53. The maximum atomic E-state index is 9.34. The predicted molar refractivity (Wildman–Crippen MR) is 63.1 cm³/mol. The first-order valence-corrected chi connectivity index (χ1v) is 5.53. The van der Waals surface area contributed by atoms with Gasteiger partial charge in [0.2, 0.25) is 0 Å². The van der Waals surface area contributed by atoms with E-state index in [1.165, 1.54) is 5.56 Å². The van der Waals surface area contributed by atoms with Gasteiger partial charge in [0.05, 0.1) is 6.10 Å². The highest BCUT2D eigenvalue weighted by atomic mass is 16.7. The van der Waals surface area contributed by atoms with Crippen molar-refractivity contribution in [2.75, 3.05) is 20.5 Å². The van der Waals surface area contributed by atoms with Gasteiger partial charge in [0, 0.05) is 19.6 Å². The normalized spacial score (nSPS) is 14.7. The third kappa shape index (κ3) is 4.31. The second-order valence-electron chi connectivity index (χ2n) is 3.91. The standard InChI is InChI=1S/C13H20O3/c1-11(16-10-15-2)13(9-14)8-12-6-4-3-5-7-12/h3-7,11,13-14H,8-10H2,1-2H3/t11-,13+/m1/s1. The van der Waals surface area contributed by atoms with Gasteiger partial charge in [-0.3, -0.25) is 0 Å². The van der Waals surface area contributed by atoms with E-state index in [9.17, 15) is 5.11 Å². The van der Waals surface area contributed by atoms with Crippen LogP contribution in [0.3, 0.4) is 0 Å². The molecule has 1 rings (SSSR count). The van der Waals surface area contributed by atoms with Crippen LogP contribution >= 0.6 is 0 Å². The fourth-order valence-corrected chi connectivity index (χ4v) is 1.61. The fraction of sp³-hybridized carbons (Fsp3) is 0.538. The summed E-state index contributed by atoms with van der Waals surface area (Å²) in [5, 5.41) is 9.34. The Hall–Kier alpha value is -0.900. The molecule has 90 valence electrons. The van der Waals surface area contributed by atoms with Crippen LogP contribution in [0.15, 0.2) is 30.3 Å². The van der Waals surface area contributed by atoms with Gasteiger partial charge < -0.3 is 14.6 Å². The molecule has 0 aromatic heterocycles. The number of hydrogen-bond donors (Lipinski definition) is 1. The van der Waals surface area contributed by atoms with Crippen molar-refractivity contribution in [1.82, 2.24) is 0 Å². The second kappa shape index (κ2) is 7.39. The highest BCUT2D eigenvalue weighted by molar-refractivity contribution is 5.15. The van der Waals surface area contributed by atoms with Crippen molar-refractivity contribution < 1.29 is 14.6 Å². The Morgan fingerprint density at radius 2 is 1.94 bits per heavy atom. The lowest BCUT2D eigenvalue weighted by atomic mass is 9.95. The number of hydrogen-bond acceptors (Lipinski definition) is 3. The van der Waals surface area contributed by atoms with Gasteiger partial charge in [-0.05, 0) is 18.9 Å². The largest absolute Gasteiger partial charge is 0.396 e. The summed E-state index contributed by atoms with van der Waals surface area (Å²) in [6.45, 7) is 2.36. The van der Waals surface area contributed by atoms with E-state index in [2.05, 4.69) is 12.1 Å². The van der Waals surface area contributed by atoms with E-state index in [4.69, 9.17) is 9.47 Å². The Balaban J connectivity index is 2.48. The van der Waals surface area contributed by atoms with Crippen LogP contribution in [0.1, 0.15) is 12.5 Å². The van der Waals surface area contributed by atoms with Crippen molar-refractivity contribution in [1.29, 1.82) is 0 Å². The molecule has 0 heterocycles. The lowest BCUT2D eigenvalue weighted by Gasteiger charge is -2.22. The number of aliphatic hydroxyl groups excluding tert-OH is 1. The molecule has 0 spiro atoms. The lowest BCUT2D eigenvalue weighted by Crippen LogP contribution is -2.26. The minimum absolute atomic E-state index is 0.00911. The Morgan fingerprint density at radius 1 is 1.25 bits per heavy atom. The van der Waals surface area contributed by atoms with E-state index in [0.717, 1.165) is 6.42 Å². The molecule has 0 aliphatic heterocycles. The van der Waals surface area contributed by atoms with Crippen molar-refractivity contribution >= 4 is 0 Å². The highest BCUT2D eigenvalue weighted by Crippen LogP contribution is 2.14. The van der Waals surface area contributed by atoms with Crippen LogP contribution in [0.5, 0.6) is 0 Å². The topological polar surface area (TPSA) is 38.7 Å². The highest BCUT2D eigenvalue weighted by Gasteiger charge is 2.17. The van der Waals surface area contributed by atoms with E-state index in [1.54, 1.807) is 7.11 Å². The zero-order chi connectivity index (χ0) is 11.8. The minimum atomic E-state index is -0.00911. The van der Waals surface area contributed by atoms with Gasteiger partial charge in [-0.15, -0.1) is 0 Å². The van der Waals surface area contributed by atoms with Crippen LogP contribution in [-0.4, -0.2) is 31.7 Å². The molecule has 3 heteroatoms. The van der Waals surface area contributed by atoms with Gasteiger partial charge in [0.1, 0.15) is 6.79 Å². The van der Waals surface area contributed by atoms with E-state index in [1.807, 2.05) is 25.1 Å². The van der Waals surface area contributed by atoms with Crippen LogP contribution in [0.2, 0.25) is 0 Å². The molecule has 0 radical (unpaired) electrons. The first-order chi connectivity index (χ1) is 7.77. The summed E-state index contributed by atoms with van der Waals surface area (Å²) in [6.07, 6.45) is 0.813. The van der Waals surface area contributed by atoms with E-state index < -0.39 is 0 Å². The van der Waals surface area contributed by atoms with Gasteiger partial charge >= 0.3 is 0 Å². The van der Waals surface area contributed by atoms with Crippen molar-refractivity contribution in [3.05, 3.63) is 35.9 Å². The van der Waals surface area contributed by atoms with Gasteiger partial charge in [-0.2, -0.15) is 0 Å². The van der Waals surface area contributed by atoms with E-state index >= 15 is 0 Å². The maximum absolute atomic E-state index is 9.34. The molecule has 0 bridgehead atoms. The van der Waals surface area contributed by atoms with Crippen molar-refractivity contribution in [3.8, 4) is 0 Å². The van der Waals surface area contributed by atoms with Gasteiger partial charge in [-0.1, -0.05) is 30.3 Å². The summed E-state index contributed by atoms with van der Waals surface area (Å²) < 4.78 is 10.3. The molecule has 3 nitrogen and oxygen atoms in total. The van der Waals surface area contributed by atoms with Gasteiger partial charge in [-0.25, -0.2) is 0 Å².